The summed E-state index contributed by atoms with van der Waals surface area (Å²) in [5.41, 5.74) is 0.855. The summed E-state index contributed by atoms with van der Waals surface area (Å²) in [5, 5.41) is 0. The first kappa shape index (κ1) is 13.1. The third-order valence-electron chi connectivity index (χ3n) is 3.10. The molecule has 7 heteroatoms. The maximum Gasteiger partial charge on any atom is 0.354 e. The summed E-state index contributed by atoms with van der Waals surface area (Å²) in [5.74, 6) is -0.511. The zero-order valence-electron chi connectivity index (χ0n) is 10.6. The van der Waals surface area contributed by atoms with E-state index in [4.69, 9.17) is 4.74 Å². The van der Waals surface area contributed by atoms with Gasteiger partial charge < -0.3 is 9.30 Å². The van der Waals surface area contributed by atoms with Gasteiger partial charge in [0.25, 0.3) is 0 Å². The lowest BCUT2D eigenvalue weighted by Crippen LogP contribution is -2.30. The van der Waals surface area contributed by atoms with E-state index in [-0.39, 0.29) is 10.9 Å². The predicted molar refractivity (Wildman–Crippen MR) is 64.9 cm³/mol. The molecule has 0 bridgehead atoms. The van der Waals surface area contributed by atoms with Crippen molar-refractivity contribution >= 4 is 16.0 Å². The van der Waals surface area contributed by atoms with Gasteiger partial charge in [-0.05, 0) is 19.8 Å². The molecule has 1 atom stereocenters. The molecule has 0 saturated carbocycles. The Hall–Kier alpha value is -1.34. The summed E-state index contributed by atoms with van der Waals surface area (Å²) in [6.45, 7) is 1.81. The van der Waals surface area contributed by atoms with Crippen molar-refractivity contribution in [2.24, 2.45) is 7.05 Å². The van der Waals surface area contributed by atoms with Crippen LogP contribution in [0.15, 0.2) is 11.1 Å². The Morgan fingerprint density at radius 3 is 2.83 bits per heavy atom. The van der Waals surface area contributed by atoms with Gasteiger partial charge in [0.2, 0.25) is 10.0 Å². The number of carbonyl (C=O) groups excluding carboxylic acids is 1. The number of ether oxygens (including phenoxy) is 1. The first-order chi connectivity index (χ1) is 8.36. The smallest absolute Gasteiger partial charge is 0.354 e. The second kappa shape index (κ2) is 4.40. The van der Waals surface area contributed by atoms with E-state index in [0.717, 1.165) is 0 Å². The van der Waals surface area contributed by atoms with Crippen LogP contribution in [0.2, 0.25) is 0 Å². The van der Waals surface area contributed by atoms with E-state index in [1.54, 1.807) is 14.0 Å². The van der Waals surface area contributed by atoms with Crippen LogP contribution >= 0.6 is 0 Å². The number of rotatable bonds is 1. The molecule has 0 radical (unpaired) electrons. The molecule has 6 nitrogen and oxygen atoms in total. The quantitative estimate of drug-likeness (QED) is 0.752. The molecule has 2 heterocycles. The first-order valence-electron chi connectivity index (χ1n) is 5.65. The van der Waals surface area contributed by atoms with Gasteiger partial charge >= 0.3 is 5.97 Å². The van der Waals surface area contributed by atoms with Gasteiger partial charge in [-0.25, -0.2) is 17.9 Å². The number of nitrogens with one attached hydrogen (secondary N) is 1. The number of aromatic nitrogens is 1. The summed E-state index contributed by atoms with van der Waals surface area (Å²) in [6.07, 6.45) is 2.65. The molecule has 1 aliphatic rings. The number of hydrogen-bond acceptors (Lipinski definition) is 4. The molecule has 0 fully saturated rings. The fraction of sp³-hybridized carbons (Fsp3) is 0.545. The first-order valence-corrected chi connectivity index (χ1v) is 7.14. The Labute approximate surface area is 106 Å². The number of hydrogen-bond donors (Lipinski definition) is 1. The molecule has 100 valence electrons. The standard InChI is InChI=1S/C11H16N2O4S/c1-7-4-5-8-9(18(15,16)12-7)6-13(2)10(8)11(14)17-3/h6-7,12H,4-5H2,1-3H3/t7-/m0/s1. The Morgan fingerprint density at radius 1 is 1.56 bits per heavy atom. The minimum atomic E-state index is -3.55. The number of esters is 1. The maximum atomic E-state index is 12.1. The van der Waals surface area contributed by atoms with E-state index >= 15 is 0 Å². The van der Waals surface area contributed by atoms with E-state index in [0.29, 0.717) is 24.1 Å². The van der Waals surface area contributed by atoms with Gasteiger partial charge in [-0.3, -0.25) is 0 Å². The fourth-order valence-electron chi connectivity index (χ4n) is 2.23. The summed E-state index contributed by atoms with van der Waals surface area (Å²) in [6, 6.07) is -0.141. The third-order valence-corrected chi connectivity index (χ3v) is 4.74. The molecule has 0 saturated heterocycles. The molecule has 0 amide bonds. The van der Waals surface area contributed by atoms with Crippen molar-refractivity contribution in [3.05, 3.63) is 17.5 Å². The molecule has 1 aromatic rings. The van der Waals surface area contributed by atoms with Crippen LogP contribution in [-0.4, -0.2) is 32.1 Å². The minimum Gasteiger partial charge on any atom is -0.464 e. The van der Waals surface area contributed by atoms with Crippen molar-refractivity contribution in [1.82, 2.24) is 9.29 Å². The number of fused-ring (bicyclic) bond motifs is 1. The van der Waals surface area contributed by atoms with Gasteiger partial charge in [0.05, 0.1) is 7.11 Å². The van der Waals surface area contributed by atoms with E-state index in [1.807, 2.05) is 0 Å². The molecule has 2 rings (SSSR count). The highest BCUT2D eigenvalue weighted by Crippen LogP contribution is 2.27. The third kappa shape index (κ3) is 2.04. The van der Waals surface area contributed by atoms with Crippen LogP contribution in [0.5, 0.6) is 0 Å². The fourth-order valence-corrected chi connectivity index (χ4v) is 3.83. The zero-order valence-corrected chi connectivity index (χ0v) is 11.4. The highest BCUT2D eigenvalue weighted by atomic mass is 32.2. The normalized spacial score (nSPS) is 22.1. The predicted octanol–water partition coefficient (Wildman–Crippen LogP) is 0.425. The van der Waals surface area contributed by atoms with E-state index < -0.39 is 16.0 Å². The monoisotopic (exact) mass is 272 g/mol. The van der Waals surface area contributed by atoms with Crippen molar-refractivity contribution in [3.63, 3.8) is 0 Å². The highest BCUT2D eigenvalue weighted by Gasteiger charge is 2.31. The van der Waals surface area contributed by atoms with Crippen molar-refractivity contribution in [1.29, 1.82) is 0 Å². The second-order valence-corrected chi connectivity index (χ2v) is 6.17. The Balaban J connectivity index is 2.64. The van der Waals surface area contributed by atoms with Crippen LogP contribution in [0.3, 0.4) is 0 Å². The second-order valence-electron chi connectivity index (χ2n) is 4.48. The van der Waals surface area contributed by atoms with E-state index in [2.05, 4.69) is 4.72 Å². The van der Waals surface area contributed by atoms with Crippen molar-refractivity contribution in [2.45, 2.75) is 30.7 Å². The van der Waals surface area contributed by atoms with E-state index in [9.17, 15) is 13.2 Å². The van der Waals surface area contributed by atoms with Crippen molar-refractivity contribution in [2.75, 3.05) is 7.11 Å². The molecular formula is C11H16N2O4S. The largest absolute Gasteiger partial charge is 0.464 e. The number of methoxy groups -OCH3 is 1. The molecule has 0 aliphatic carbocycles. The van der Waals surface area contributed by atoms with Gasteiger partial charge in [-0.1, -0.05) is 0 Å². The molecule has 0 unspecified atom stereocenters. The van der Waals surface area contributed by atoms with Gasteiger partial charge in [0.15, 0.2) is 0 Å². The minimum absolute atomic E-state index is 0.141. The molecule has 1 aliphatic heterocycles. The summed E-state index contributed by atoms with van der Waals surface area (Å²) >= 11 is 0. The lowest BCUT2D eigenvalue weighted by atomic mass is 10.1. The molecule has 18 heavy (non-hydrogen) atoms. The SMILES string of the molecule is COC(=O)c1c2c(cn1C)S(=O)(=O)N[C@@H](C)CC2. The van der Waals surface area contributed by atoms with E-state index in [1.165, 1.54) is 17.9 Å². The molecule has 1 N–H and O–H groups in total. The van der Waals surface area contributed by atoms with Gasteiger partial charge in [0, 0.05) is 24.8 Å². The number of carbonyl (C=O) groups is 1. The van der Waals surface area contributed by atoms with Gasteiger partial charge in [-0.2, -0.15) is 0 Å². The lowest BCUT2D eigenvalue weighted by molar-refractivity contribution is 0.0588. The summed E-state index contributed by atoms with van der Waals surface area (Å²) < 4.78 is 33.0. The average molecular weight is 272 g/mol. The van der Waals surface area contributed by atoms with Crippen molar-refractivity contribution in [3.8, 4) is 0 Å². The average Bonchev–Trinajstić information content (AvgIpc) is 2.57. The lowest BCUT2D eigenvalue weighted by Gasteiger charge is -2.08. The molecular weight excluding hydrogens is 256 g/mol. The van der Waals surface area contributed by atoms with Crippen LogP contribution in [0.4, 0.5) is 0 Å². The maximum absolute atomic E-state index is 12.1. The van der Waals surface area contributed by atoms with Crippen LogP contribution in [0.1, 0.15) is 29.4 Å². The topological polar surface area (TPSA) is 77.4 Å². The van der Waals surface area contributed by atoms with Crippen LogP contribution in [0, 0.1) is 0 Å². The highest BCUT2D eigenvalue weighted by molar-refractivity contribution is 7.89. The summed E-state index contributed by atoms with van der Waals surface area (Å²) in [4.78, 5) is 11.9. The Bertz CT molecular complexity index is 588. The number of sulfonamides is 1. The number of aryl methyl sites for hydroxylation is 1. The van der Waals surface area contributed by atoms with Crippen molar-refractivity contribution < 1.29 is 17.9 Å². The Kier molecular flexibility index (Phi) is 3.20. The summed E-state index contributed by atoms with van der Waals surface area (Å²) in [7, 11) is -0.626. The zero-order chi connectivity index (χ0) is 13.5. The van der Waals surface area contributed by atoms with Crippen LogP contribution in [-0.2, 0) is 28.2 Å². The number of nitrogens with zero attached hydrogens (tertiary/aromatic N) is 1. The van der Waals surface area contributed by atoms with Gasteiger partial charge in [-0.15, -0.1) is 0 Å². The molecule has 1 aromatic heterocycles. The Morgan fingerprint density at radius 2 is 2.22 bits per heavy atom. The van der Waals surface area contributed by atoms with Crippen LogP contribution < -0.4 is 4.72 Å². The van der Waals surface area contributed by atoms with Crippen LogP contribution in [0.25, 0.3) is 0 Å². The van der Waals surface area contributed by atoms with Gasteiger partial charge in [0.1, 0.15) is 10.6 Å². The molecule has 0 aromatic carbocycles. The molecule has 0 spiro atoms.